The molecule has 2 atom stereocenters. The van der Waals surface area contributed by atoms with Gasteiger partial charge in [0.05, 0.1) is 0 Å². The van der Waals surface area contributed by atoms with Crippen LogP contribution in [0.4, 0.5) is 0 Å². The van der Waals surface area contributed by atoms with Crippen LogP contribution in [0.1, 0.15) is 25.4 Å². The molecule has 13 heavy (non-hydrogen) atoms. The van der Waals surface area contributed by atoms with Gasteiger partial charge in [-0.05, 0) is 26.0 Å². The van der Waals surface area contributed by atoms with E-state index in [1.807, 2.05) is 26.0 Å². The first-order valence-corrected chi connectivity index (χ1v) is 4.66. The van der Waals surface area contributed by atoms with Crippen molar-refractivity contribution < 1.29 is 4.42 Å². The number of furan rings is 1. The summed E-state index contributed by atoms with van der Waals surface area (Å²) in [5, 5.41) is 0. The summed E-state index contributed by atoms with van der Waals surface area (Å²) in [5.74, 6) is 1.90. The Bertz CT molecular complexity index is 229. The van der Waals surface area contributed by atoms with Gasteiger partial charge in [0, 0.05) is 24.9 Å². The highest BCUT2D eigenvalue weighted by Crippen LogP contribution is 2.10. The van der Waals surface area contributed by atoms with Gasteiger partial charge in [-0.2, -0.15) is 0 Å². The van der Waals surface area contributed by atoms with Gasteiger partial charge in [0.15, 0.2) is 0 Å². The third-order valence-corrected chi connectivity index (χ3v) is 1.76. The molecule has 0 aliphatic rings. The molecular weight excluding hydrogens is 164 g/mol. The van der Waals surface area contributed by atoms with Gasteiger partial charge in [-0.25, -0.2) is 0 Å². The molecule has 1 aromatic heterocycles. The van der Waals surface area contributed by atoms with Crippen LogP contribution in [0.3, 0.4) is 0 Å². The van der Waals surface area contributed by atoms with E-state index in [2.05, 4.69) is 0 Å². The van der Waals surface area contributed by atoms with Gasteiger partial charge < -0.3 is 15.9 Å². The zero-order chi connectivity index (χ0) is 9.84. The third-order valence-electron chi connectivity index (χ3n) is 1.76. The fourth-order valence-electron chi connectivity index (χ4n) is 1.28. The Morgan fingerprint density at radius 2 is 1.46 bits per heavy atom. The van der Waals surface area contributed by atoms with Crippen LogP contribution in [0.25, 0.3) is 0 Å². The van der Waals surface area contributed by atoms with Gasteiger partial charge in [0.25, 0.3) is 0 Å². The molecule has 1 rings (SSSR count). The average molecular weight is 182 g/mol. The molecule has 0 amide bonds. The van der Waals surface area contributed by atoms with Crippen LogP contribution < -0.4 is 11.5 Å². The van der Waals surface area contributed by atoms with E-state index in [9.17, 15) is 0 Å². The van der Waals surface area contributed by atoms with Crippen molar-refractivity contribution in [2.24, 2.45) is 11.5 Å². The van der Waals surface area contributed by atoms with Crippen LogP contribution >= 0.6 is 0 Å². The van der Waals surface area contributed by atoms with Crippen LogP contribution in [0, 0.1) is 0 Å². The van der Waals surface area contributed by atoms with E-state index >= 15 is 0 Å². The lowest BCUT2D eigenvalue weighted by Gasteiger charge is -2.02. The summed E-state index contributed by atoms with van der Waals surface area (Å²) >= 11 is 0. The molecular formula is C10H18N2O. The Morgan fingerprint density at radius 3 is 1.77 bits per heavy atom. The lowest BCUT2D eigenvalue weighted by molar-refractivity contribution is 0.443. The first-order valence-electron chi connectivity index (χ1n) is 4.66. The van der Waals surface area contributed by atoms with Gasteiger partial charge in [-0.1, -0.05) is 0 Å². The van der Waals surface area contributed by atoms with Crippen molar-refractivity contribution in [3.63, 3.8) is 0 Å². The van der Waals surface area contributed by atoms with E-state index in [1.54, 1.807) is 0 Å². The molecule has 0 spiro atoms. The maximum Gasteiger partial charge on any atom is 0.105 e. The van der Waals surface area contributed by atoms with Crippen LogP contribution in [0.2, 0.25) is 0 Å². The minimum absolute atomic E-state index is 0.147. The van der Waals surface area contributed by atoms with Gasteiger partial charge in [0.1, 0.15) is 11.5 Å². The molecule has 4 N–H and O–H groups in total. The van der Waals surface area contributed by atoms with E-state index in [-0.39, 0.29) is 12.1 Å². The molecule has 0 radical (unpaired) electrons. The predicted molar refractivity (Wildman–Crippen MR) is 53.4 cm³/mol. The summed E-state index contributed by atoms with van der Waals surface area (Å²) in [6.07, 6.45) is 1.58. The van der Waals surface area contributed by atoms with Gasteiger partial charge in [0.2, 0.25) is 0 Å². The largest absolute Gasteiger partial charge is 0.466 e. The Kier molecular flexibility index (Phi) is 3.51. The van der Waals surface area contributed by atoms with Gasteiger partial charge in [-0.15, -0.1) is 0 Å². The lowest BCUT2D eigenvalue weighted by Crippen LogP contribution is -2.18. The second-order valence-electron chi connectivity index (χ2n) is 3.73. The average Bonchev–Trinajstić information content (AvgIpc) is 2.33. The zero-order valence-corrected chi connectivity index (χ0v) is 8.29. The van der Waals surface area contributed by atoms with Crippen molar-refractivity contribution in [3.05, 3.63) is 23.7 Å². The fraction of sp³-hybridized carbons (Fsp3) is 0.600. The molecule has 0 fully saturated rings. The number of rotatable bonds is 4. The van der Waals surface area contributed by atoms with Crippen molar-refractivity contribution >= 4 is 0 Å². The highest BCUT2D eigenvalue weighted by Gasteiger charge is 2.05. The van der Waals surface area contributed by atoms with Crippen molar-refractivity contribution in [2.45, 2.75) is 38.8 Å². The van der Waals surface area contributed by atoms with E-state index in [0.29, 0.717) is 0 Å². The Labute approximate surface area is 79.1 Å². The van der Waals surface area contributed by atoms with E-state index in [4.69, 9.17) is 15.9 Å². The van der Waals surface area contributed by atoms with Gasteiger partial charge >= 0.3 is 0 Å². The highest BCUT2D eigenvalue weighted by molar-refractivity contribution is 5.09. The zero-order valence-electron chi connectivity index (χ0n) is 8.29. The van der Waals surface area contributed by atoms with E-state index in [1.165, 1.54) is 0 Å². The van der Waals surface area contributed by atoms with Crippen molar-refractivity contribution in [1.29, 1.82) is 0 Å². The maximum atomic E-state index is 5.65. The van der Waals surface area contributed by atoms with Crippen molar-refractivity contribution in [3.8, 4) is 0 Å². The summed E-state index contributed by atoms with van der Waals surface area (Å²) in [6, 6.07) is 4.24. The first-order chi connectivity index (χ1) is 6.08. The topological polar surface area (TPSA) is 65.2 Å². The van der Waals surface area contributed by atoms with Crippen LogP contribution in [0.15, 0.2) is 16.5 Å². The smallest absolute Gasteiger partial charge is 0.105 e. The second-order valence-corrected chi connectivity index (χ2v) is 3.73. The van der Waals surface area contributed by atoms with Crippen LogP contribution in [-0.4, -0.2) is 12.1 Å². The lowest BCUT2D eigenvalue weighted by atomic mass is 10.2. The minimum atomic E-state index is 0.147. The van der Waals surface area contributed by atoms with Gasteiger partial charge in [-0.3, -0.25) is 0 Å². The first kappa shape index (κ1) is 10.3. The molecule has 3 heteroatoms. The summed E-state index contributed by atoms with van der Waals surface area (Å²) in [4.78, 5) is 0. The fourth-order valence-corrected chi connectivity index (χ4v) is 1.28. The highest BCUT2D eigenvalue weighted by atomic mass is 16.3. The Hall–Kier alpha value is -0.800. The molecule has 1 heterocycles. The van der Waals surface area contributed by atoms with E-state index in [0.717, 1.165) is 24.4 Å². The molecule has 0 aliphatic carbocycles. The number of hydrogen-bond donors (Lipinski definition) is 2. The van der Waals surface area contributed by atoms with Crippen LogP contribution in [0.5, 0.6) is 0 Å². The Balaban J connectivity index is 2.53. The summed E-state index contributed by atoms with van der Waals surface area (Å²) < 4.78 is 5.55. The normalized spacial score (nSPS) is 15.7. The molecule has 1 aromatic rings. The minimum Gasteiger partial charge on any atom is -0.466 e. The molecule has 2 unspecified atom stereocenters. The molecule has 0 aromatic carbocycles. The molecule has 74 valence electrons. The maximum absolute atomic E-state index is 5.65. The SMILES string of the molecule is CC(N)Cc1ccc(CC(C)N)o1. The predicted octanol–water partition coefficient (Wildman–Crippen LogP) is 1.06. The number of hydrogen-bond acceptors (Lipinski definition) is 3. The van der Waals surface area contributed by atoms with Crippen molar-refractivity contribution in [2.75, 3.05) is 0 Å². The Morgan fingerprint density at radius 1 is 1.08 bits per heavy atom. The monoisotopic (exact) mass is 182 g/mol. The number of nitrogens with two attached hydrogens (primary N) is 2. The van der Waals surface area contributed by atoms with Crippen LogP contribution in [-0.2, 0) is 12.8 Å². The summed E-state index contributed by atoms with van der Waals surface area (Å²) in [5.41, 5.74) is 11.3. The quantitative estimate of drug-likeness (QED) is 0.731. The molecule has 0 saturated carbocycles. The third kappa shape index (κ3) is 3.61. The molecule has 0 bridgehead atoms. The molecule has 0 aliphatic heterocycles. The standard InChI is InChI=1S/C10H18N2O/c1-7(11)5-9-3-4-10(13-9)6-8(2)12/h3-4,7-8H,5-6,11-12H2,1-2H3. The molecule has 0 saturated heterocycles. The summed E-state index contributed by atoms with van der Waals surface area (Å²) in [6.45, 7) is 3.93. The van der Waals surface area contributed by atoms with Crippen molar-refractivity contribution in [1.82, 2.24) is 0 Å². The summed E-state index contributed by atoms with van der Waals surface area (Å²) in [7, 11) is 0. The second kappa shape index (κ2) is 4.44. The van der Waals surface area contributed by atoms with E-state index < -0.39 is 0 Å². The molecule has 3 nitrogen and oxygen atoms in total.